The van der Waals surface area contributed by atoms with E-state index in [-0.39, 0.29) is 0 Å². The maximum absolute atomic E-state index is 13.7. The first kappa shape index (κ1) is 8.04. The summed E-state index contributed by atoms with van der Waals surface area (Å²) >= 11 is 0. The zero-order chi connectivity index (χ0) is 9.47. The standard InChI is InChI=1S/C9H9FN2O/c1-9(10)6-4-2-3-5-7(6)11-8(13)12-9/h2-5H,1H3,(H2,11,12,13). The maximum Gasteiger partial charge on any atom is 0.321 e. The number of hydrogen-bond donors (Lipinski definition) is 2. The number of rotatable bonds is 0. The minimum Gasteiger partial charge on any atom is -0.307 e. The summed E-state index contributed by atoms with van der Waals surface area (Å²) in [5.41, 5.74) is 0.978. The van der Waals surface area contributed by atoms with Crippen LogP contribution in [-0.2, 0) is 5.79 Å². The van der Waals surface area contributed by atoms with Crippen LogP contribution in [0.3, 0.4) is 0 Å². The Morgan fingerprint density at radius 1 is 1.38 bits per heavy atom. The van der Waals surface area contributed by atoms with Gasteiger partial charge in [0.05, 0.1) is 5.69 Å². The SMILES string of the molecule is CC1(F)NC(=O)Nc2ccccc21. The van der Waals surface area contributed by atoms with Gasteiger partial charge in [0.25, 0.3) is 0 Å². The topological polar surface area (TPSA) is 41.1 Å². The summed E-state index contributed by atoms with van der Waals surface area (Å²) in [5.74, 6) is -1.78. The fraction of sp³-hybridized carbons (Fsp3) is 0.222. The van der Waals surface area contributed by atoms with E-state index in [4.69, 9.17) is 0 Å². The van der Waals surface area contributed by atoms with Gasteiger partial charge in [-0.05, 0) is 13.0 Å². The van der Waals surface area contributed by atoms with Crippen molar-refractivity contribution in [3.8, 4) is 0 Å². The van der Waals surface area contributed by atoms with Gasteiger partial charge in [-0.2, -0.15) is 0 Å². The van der Waals surface area contributed by atoms with Crippen LogP contribution in [0, 0.1) is 0 Å². The molecule has 1 aliphatic rings. The van der Waals surface area contributed by atoms with Gasteiger partial charge < -0.3 is 10.6 Å². The Hall–Kier alpha value is -1.58. The lowest BCUT2D eigenvalue weighted by molar-refractivity contribution is 0.145. The van der Waals surface area contributed by atoms with Crippen molar-refractivity contribution < 1.29 is 9.18 Å². The van der Waals surface area contributed by atoms with E-state index in [1.54, 1.807) is 24.3 Å². The van der Waals surface area contributed by atoms with Gasteiger partial charge in [0.15, 0.2) is 0 Å². The number of carbonyl (C=O) groups excluding carboxylic acids is 1. The molecular formula is C9H9FN2O. The third-order valence-corrected chi connectivity index (χ3v) is 2.03. The molecule has 0 spiro atoms. The highest BCUT2D eigenvalue weighted by atomic mass is 19.1. The van der Waals surface area contributed by atoms with Crippen molar-refractivity contribution in [2.75, 3.05) is 5.32 Å². The second-order valence-electron chi connectivity index (χ2n) is 3.13. The summed E-state index contributed by atoms with van der Waals surface area (Å²) in [6.45, 7) is 1.32. The van der Waals surface area contributed by atoms with Gasteiger partial charge in [0.2, 0.25) is 5.79 Å². The molecular weight excluding hydrogens is 171 g/mol. The molecule has 0 aliphatic carbocycles. The normalized spacial score (nSPS) is 25.8. The highest BCUT2D eigenvalue weighted by molar-refractivity contribution is 5.93. The van der Waals surface area contributed by atoms with Gasteiger partial charge in [-0.3, -0.25) is 0 Å². The highest BCUT2D eigenvalue weighted by Gasteiger charge is 2.34. The molecule has 0 aromatic heterocycles. The van der Waals surface area contributed by atoms with Crippen LogP contribution >= 0.6 is 0 Å². The van der Waals surface area contributed by atoms with Crippen molar-refractivity contribution in [1.82, 2.24) is 5.32 Å². The molecule has 2 rings (SSSR count). The van der Waals surface area contributed by atoms with E-state index < -0.39 is 11.8 Å². The first-order valence-electron chi connectivity index (χ1n) is 3.97. The number of para-hydroxylation sites is 1. The number of urea groups is 1. The van der Waals surface area contributed by atoms with Crippen LogP contribution in [0.2, 0.25) is 0 Å². The Morgan fingerprint density at radius 2 is 2.08 bits per heavy atom. The van der Waals surface area contributed by atoms with Crippen LogP contribution in [0.5, 0.6) is 0 Å². The van der Waals surface area contributed by atoms with Gasteiger partial charge in [-0.15, -0.1) is 0 Å². The summed E-state index contributed by atoms with van der Waals surface area (Å²) in [4.78, 5) is 11.0. The number of alkyl halides is 1. The van der Waals surface area contributed by atoms with Crippen LogP contribution in [0.1, 0.15) is 12.5 Å². The molecule has 1 aromatic carbocycles. The van der Waals surface area contributed by atoms with E-state index in [2.05, 4.69) is 10.6 Å². The van der Waals surface area contributed by atoms with E-state index >= 15 is 0 Å². The predicted octanol–water partition coefficient (Wildman–Crippen LogP) is 1.96. The zero-order valence-electron chi connectivity index (χ0n) is 7.10. The molecule has 2 amide bonds. The monoisotopic (exact) mass is 180 g/mol. The Kier molecular flexibility index (Phi) is 1.52. The largest absolute Gasteiger partial charge is 0.321 e. The lowest BCUT2D eigenvalue weighted by Gasteiger charge is -2.29. The van der Waals surface area contributed by atoms with E-state index in [0.29, 0.717) is 11.3 Å². The molecule has 0 saturated carbocycles. The van der Waals surface area contributed by atoms with Crippen molar-refractivity contribution >= 4 is 11.7 Å². The van der Waals surface area contributed by atoms with Crippen LogP contribution in [0.4, 0.5) is 14.9 Å². The van der Waals surface area contributed by atoms with Gasteiger partial charge in [0.1, 0.15) is 0 Å². The molecule has 13 heavy (non-hydrogen) atoms. The second kappa shape index (κ2) is 2.45. The summed E-state index contributed by atoms with van der Waals surface area (Å²) in [5, 5.41) is 4.72. The third kappa shape index (κ3) is 1.24. The molecule has 0 radical (unpaired) electrons. The Labute approximate surface area is 74.9 Å². The fourth-order valence-electron chi connectivity index (χ4n) is 1.44. The van der Waals surface area contributed by atoms with Crippen molar-refractivity contribution in [1.29, 1.82) is 0 Å². The van der Waals surface area contributed by atoms with Crippen LogP contribution in [0.25, 0.3) is 0 Å². The molecule has 2 N–H and O–H groups in total. The molecule has 1 atom stereocenters. The fourth-order valence-corrected chi connectivity index (χ4v) is 1.44. The molecule has 68 valence electrons. The van der Waals surface area contributed by atoms with Crippen LogP contribution in [0.15, 0.2) is 24.3 Å². The van der Waals surface area contributed by atoms with Gasteiger partial charge >= 0.3 is 6.03 Å². The van der Waals surface area contributed by atoms with E-state index in [1.165, 1.54) is 6.92 Å². The number of amides is 2. The molecule has 1 unspecified atom stereocenters. The molecule has 4 heteroatoms. The molecule has 1 aromatic rings. The molecule has 1 heterocycles. The Morgan fingerprint density at radius 3 is 2.85 bits per heavy atom. The average Bonchev–Trinajstić information content (AvgIpc) is 2.02. The number of carbonyl (C=O) groups is 1. The molecule has 0 saturated heterocycles. The lowest BCUT2D eigenvalue weighted by Crippen LogP contribution is -2.46. The number of hydrogen-bond acceptors (Lipinski definition) is 1. The summed E-state index contributed by atoms with van der Waals surface area (Å²) in [6.07, 6.45) is 0. The summed E-state index contributed by atoms with van der Waals surface area (Å²) < 4.78 is 13.7. The van der Waals surface area contributed by atoms with Crippen molar-refractivity contribution in [2.24, 2.45) is 0 Å². The third-order valence-electron chi connectivity index (χ3n) is 2.03. The van der Waals surface area contributed by atoms with E-state index in [1.807, 2.05) is 0 Å². The minimum atomic E-state index is -1.78. The number of halogens is 1. The van der Waals surface area contributed by atoms with Crippen molar-refractivity contribution in [2.45, 2.75) is 12.7 Å². The van der Waals surface area contributed by atoms with E-state index in [9.17, 15) is 9.18 Å². The summed E-state index contributed by atoms with van der Waals surface area (Å²) in [7, 11) is 0. The van der Waals surface area contributed by atoms with Crippen LogP contribution < -0.4 is 10.6 Å². The molecule has 0 fully saturated rings. The quantitative estimate of drug-likeness (QED) is 0.589. The van der Waals surface area contributed by atoms with Crippen LogP contribution in [-0.4, -0.2) is 6.03 Å². The minimum absolute atomic E-state index is 0.453. The number of nitrogens with one attached hydrogen (secondary N) is 2. The average molecular weight is 180 g/mol. The second-order valence-corrected chi connectivity index (χ2v) is 3.13. The van der Waals surface area contributed by atoms with Crippen molar-refractivity contribution in [3.63, 3.8) is 0 Å². The van der Waals surface area contributed by atoms with Crippen molar-refractivity contribution in [3.05, 3.63) is 29.8 Å². The number of anilines is 1. The number of fused-ring (bicyclic) bond motifs is 1. The van der Waals surface area contributed by atoms with Gasteiger partial charge in [-0.1, -0.05) is 18.2 Å². The smallest absolute Gasteiger partial charge is 0.307 e. The Balaban J connectivity index is 2.56. The zero-order valence-corrected chi connectivity index (χ0v) is 7.10. The van der Waals surface area contributed by atoms with Gasteiger partial charge in [-0.25, -0.2) is 9.18 Å². The molecule has 0 bridgehead atoms. The van der Waals surface area contributed by atoms with E-state index in [0.717, 1.165) is 0 Å². The summed E-state index contributed by atoms with van der Waals surface area (Å²) in [6, 6.07) is 6.29. The molecule has 1 aliphatic heterocycles. The first-order chi connectivity index (χ1) is 6.09. The molecule has 3 nitrogen and oxygen atoms in total. The highest BCUT2D eigenvalue weighted by Crippen LogP contribution is 2.32. The first-order valence-corrected chi connectivity index (χ1v) is 3.97. The van der Waals surface area contributed by atoms with Gasteiger partial charge in [0, 0.05) is 5.56 Å². The number of benzene rings is 1. The maximum atomic E-state index is 13.7. The lowest BCUT2D eigenvalue weighted by atomic mass is 10.0. The Bertz CT molecular complexity index is 362. The predicted molar refractivity (Wildman–Crippen MR) is 47.1 cm³/mol.